The lowest BCUT2D eigenvalue weighted by Crippen LogP contribution is -2.47. The van der Waals surface area contributed by atoms with Crippen molar-refractivity contribution < 1.29 is 14.3 Å². The summed E-state index contributed by atoms with van der Waals surface area (Å²) < 4.78 is 5.31. The van der Waals surface area contributed by atoms with E-state index < -0.39 is 5.41 Å². The summed E-state index contributed by atoms with van der Waals surface area (Å²) in [5, 5.41) is 6.26. The SMILES string of the molecule is COCC1(C(=O)Nc2ccc(C)c(C(=O)N(C)C)c2)CCNCC1. The lowest BCUT2D eigenvalue weighted by atomic mass is 9.78. The van der Waals surface area contributed by atoms with Gasteiger partial charge in [0.1, 0.15) is 0 Å². The van der Waals surface area contributed by atoms with Gasteiger partial charge in [0.15, 0.2) is 0 Å². The summed E-state index contributed by atoms with van der Waals surface area (Å²) in [5.74, 6) is -0.116. The van der Waals surface area contributed by atoms with Gasteiger partial charge in [0, 0.05) is 32.5 Å². The third kappa shape index (κ3) is 3.94. The maximum absolute atomic E-state index is 12.9. The first-order valence-electron chi connectivity index (χ1n) is 8.23. The fourth-order valence-electron chi connectivity index (χ4n) is 3.05. The van der Waals surface area contributed by atoms with Crippen LogP contribution in [0.25, 0.3) is 0 Å². The minimum Gasteiger partial charge on any atom is -0.384 e. The molecule has 1 saturated heterocycles. The minimum absolute atomic E-state index is 0.0436. The standard InChI is InChI=1S/C18H27N3O3/c1-13-5-6-14(11-15(13)16(22)21(2)3)20-17(23)18(12-24-4)7-9-19-10-8-18/h5-6,11,19H,7-10,12H2,1-4H3,(H,20,23). The number of aryl methyl sites for hydroxylation is 1. The van der Waals surface area contributed by atoms with Gasteiger partial charge in [-0.2, -0.15) is 0 Å². The summed E-state index contributed by atoms with van der Waals surface area (Å²) >= 11 is 0. The van der Waals surface area contributed by atoms with Crippen LogP contribution in [0.1, 0.15) is 28.8 Å². The molecule has 0 spiro atoms. The van der Waals surface area contributed by atoms with Crippen LogP contribution in [0.15, 0.2) is 18.2 Å². The van der Waals surface area contributed by atoms with Crippen molar-refractivity contribution in [2.75, 3.05) is 46.2 Å². The molecule has 6 heteroatoms. The molecule has 1 fully saturated rings. The fraction of sp³-hybridized carbons (Fsp3) is 0.556. The zero-order valence-corrected chi connectivity index (χ0v) is 14.9. The van der Waals surface area contributed by atoms with Crippen molar-refractivity contribution in [3.8, 4) is 0 Å². The first-order valence-corrected chi connectivity index (χ1v) is 8.23. The summed E-state index contributed by atoms with van der Waals surface area (Å²) in [6.07, 6.45) is 1.48. The highest BCUT2D eigenvalue weighted by atomic mass is 16.5. The number of methoxy groups -OCH3 is 1. The van der Waals surface area contributed by atoms with Crippen LogP contribution in [0, 0.1) is 12.3 Å². The van der Waals surface area contributed by atoms with Gasteiger partial charge in [-0.1, -0.05) is 6.07 Å². The number of carbonyl (C=O) groups is 2. The van der Waals surface area contributed by atoms with E-state index in [4.69, 9.17) is 4.74 Å². The van der Waals surface area contributed by atoms with Crippen LogP contribution in [-0.2, 0) is 9.53 Å². The molecule has 2 N–H and O–H groups in total. The van der Waals surface area contributed by atoms with Gasteiger partial charge in [0.25, 0.3) is 5.91 Å². The molecule has 1 aliphatic heterocycles. The van der Waals surface area contributed by atoms with E-state index in [9.17, 15) is 9.59 Å². The highest BCUT2D eigenvalue weighted by Gasteiger charge is 2.39. The molecule has 1 aromatic carbocycles. The summed E-state index contributed by atoms with van der Waals surface area (Å²) in [7, 11) is 5.06. The third-order valence-corrected chi connectivity index (χ3v) is 4.59. The quantitative estimate of drug-likeness (QED) is 0.860. The Balaban J connectivity index is 2.21. The predicted molar refractivity (Wildman–Crippen MR) is 94.2 cm³/mol. The second-order valence-electron chi connectivity index (χ2n) is 6.65. The van der Waals surface area contributed by atoms with Crippen molar-refractivity contribution in [2.24, 2.45) is 5.41 Å². The van der Waals surface area contributed by atoms with E-state index in [0.717, 1.165) is 31.5 Å². The van der Waals surface area contributed by atoms with Gasteiger partial charge in [-0.15, -0.1) is 0 Å². The lowest BCUT2D eigenvalue weighted by Gasteiger charge is -2.35. The molecular weight excluding hydrogens is 306 g/mol. The highest BCUT2D eigenvalue weighted by molar-refractivity contribution is 5.99. The molecular formula is C18H27N3O3. The molecule has 1 heterocycles. The van der Waals surface area contributed by atoms with E-state index in [1.165, 1.54) is 4.90 Å². The van der Waals surface area contributed by atoms with Gasteiger partial charge in [0.2, 0.25) is 5.91 Å². The van der Waals surface area contributed by atoms with Crippen molar-refractivity contribution in [3.63, 3.8) is 0 Å². The molecule has 1 aliphatic rings. The Labute approximate surface area is 143 Å². The Kier molecular flexibility index (Phi) is 5.96. The van der Waals surface area contributed by atoms with E-state index >= 15 is 0 Å². The van der Waals surface area contributed by atoms with E-state index in [0.29, 0.717) is 17.9 Å². The lowest BCUT2D eigenvalue weighted by molar-refractivity contribution is -0.130. The number of hydrogen-bond acceptors (Lipinski definition) is 4. The third-order valence-electron chi connectivity index (χ3n) is 4.59. The normalized spacial score (nSPS) is 16.5. The van der Waals surface area contributed by atoms with Crippen LogP contribution in [0.4, 0.5) is 5.69 Å². The Morgan fingerprint density at radius 1 is 1.29 bits per heavy atom. The van der Waals surface area contributed by atoms with Crippen LogP contribution < -0.4 is 10.6 Å². The number of hydrogen-bond donors (Lipinski definition) is 2. The van der Waals surface area contributed by atoms with E-state index in [1.807, 2.05) is 19.1 Å². The smallest absolute Gasteiger partial charge is 0.253 e. The molecule has 0 unspecified atom stereocenters. The summed E-state index contributed by atoms with van der Waals surface area (Å²) in [6.45, 7) is 3.89. The maximum Gasteiger partial charge on any atom is 0.253 e. The molecule has 2 amide bonds. The Hall–Kier alpha value is -1.92. The number of piperidine rings is 1. The Morgan fingerprint density at radius 2 is 1.96 bits per heavy atom. The molecule has 1 aromatic rings. The van der Waals surface area contributed by atoms with Crippen molar-refractivity contribution in [1.82, 2.24) is 10.2 Å². The van der Waals surface area contributed by atoms with E-state index in [-0.39, 0.29) is 11.8 Å². The largest absolute Gasteiger partial charge is 0.384 e. The number of nitrogens with zero attached hydrogens (tertiary/aromatic N) is 1. The van der Waals surface area contributed by atoms with Crippen LogP contribution in [0.2, 0.25) is 0 Å². The van der Waals surface area contributed by atoms with Crippen molar-refractivity contribution >= 4 is 17.5 Å². The monoisotopic (exact) mass is 333 g/mol. The number of carbonyl (C=O) groups excluding carboxylic acids is 2. The molecule has 2 rings (SSSR count). The zero-order valence-electron chi connectivity index (χ0n) is 14.9. The molecule has 132 valence electrons. The van der Waals surface area contributed by atoms with Gasteiger partial charge in [0.05, 0.1) is 12.0 Å². The fourth-order valence-corrected chi connectivity index (χ4v) is 3.05. The molecule has 0 atom stereocenters. The first-order chi connectivity index (χ1) is 11.4. The second-order valence-corrected chi connectivity index (χ2v) is 6.65. The van der Waals surface area contributed by atoms with Crippen molar-refractivity contribution in [1.29, 1.82) is 0 Å². The molecule has 0 aliphatic carbocycles. The molecule has 0 bridgehead atoms. The van der Waals surface area contributed by atoms with Crippen LogP contribution in [0.3, 0.4) is 0 Å². The topological polar surface area (TPSA) is 70.7 Å². The van der Waals surface area contributed by atoms with Gasteiger partial charge < -0.3 is 20.3 Å². The average molecular weight is 333 g/mol. The molecule has 6 nitrogen and oxygen atoms in total. The number of ether oxygens (including phenoxy) is 1. The number of benzene rings is 1. The van der Waals surface area contributed by atoms with Gasteiger partial charge >= 0.3 is 0 Å². The molecule has 24 heavy (non-hydrogen) atoms. The average Bonchev–Trinajstić information content (AvgIpc) is 2.57. The highest BCUT2D eigenvalue weighted by Crippen LogP contribution is 2.31. The second kappa shape index (κ2) is 7.77. The Bertz CT molecular complexity index is 602. The van der Waals surface area contributed by atoms with Crippen LogP contribution in [-0.4, -0.2) is 57.6 Å². The number of nitrogens with one attached hydrogen (secondary N) is 2. The minimum atomic E-state index is -0.517. The zero-order chi connectivity index (χ0) is 17.7. The molecule has 0 aromatic heterocycles. The van der Waals surface area contributed by atoms with Crippen LogP contribution in [0.5, 0.6) is 0 Å². The van der Waals surface area contributed by atoms with E-state index in [2.05, 4.69) is 10.6 Å². The predicted octanol–water partition coefficient (Wildman–Crippen LogP) is 1.65. The van der Waals surface area contributed by atoms with Crippen LogP contribution >= 0.6 is 0 Å². The number of anilines is 1. The Morgan fingerprint density at radius 3 is 2.54 bits per heavy atom. The van der Waals surface area contributed by atoms with Gasteiger partial charge in [-0.25, -0.2) is 0 Å². The van der Waals surface area contributed by atoms with Gasteiger partial charge in [-0.3, -0.25) is 9.59 Å². The summed E-state index contributed by atoms with van der Waals surface area (Å²) in [4.78, 5) is 26.7. The summed E-state index contributed by atoms with van der Waals surface area (Å²) in [5.41, 5.74) is 1.62. The summed E-state index contributed by atoms with van der Waals surface area (Å²) in [6, 6.07) is 5.44. The van der Waals surface area contributed by atoms with E-state index in [1.54, 1.807) is 27.3 Å². The van der Waals surface area contributed by atoms with Crippen molar-refractivity contribution in [2.45, 2.75) is 19.8 Å². The van der Waals surface area contributed by atoms with Crippen molar-refractivity contribution in [3.05, 3.63) is 29.3 Å². The first kappa shape index (κ1) is 18.4. The molecule has 0 radical (unpaired) electrons. The number of rotatable bonds is 5. The number of amides is 2. The molecule has 0 saturated carbocycles. The maximum atomic E-state index is 12.9. The van der Waals surface area contributed by atoms with Gasteiger partial charge in [-0.05, 0) is 50.6 Å².